The van der Waals surface area contributed by atoms with Crippen LogP contribution in [-0.2, 0) is 0 Å². The lowest BCUT2D eigenvalue weighted by molar-refractivity contribution is 0.169. The second-order valence-corrected chi connectivity index (χ2v) is 8.73. The number of nitrogens with two attached hydrogens (primary N) is 1. The number of thiazole rings is 1. The molecule has 1 atom stereocenters. The predicted octanol–water partition coefficient (Wildman–Crippen LogP) is 1.29. The van der Waals surface area contributed by atoms with Crippen molar-refractivity contribution in [3.05, 3.63) is 21.9 Å². The molecule has 154 valence electrons. The molecule has 0 amide bonds. The summed E-state index contributed by atoms with van der Waals surface area (Å²) in [5.74, 6) is 8.02. The van der Waals surface area contributed by atoms with Crippen molar-refractivity contribution in [2.24, 2.45) is 10.8 Å². The summed E-state index contributed by atoms with van der Waals surface area (Å²) in [6.07, 6.45) is 1.99. The number of anilines is 1. The van der Waals surface area contributed by atoms with E-state index in [2.05, 4.69) is 20.1 Å². The highest BCUT2D eigenvalue weighted by Crippen LogP contribution is 2.34. The van der Waals surface area contributed by atoms with Gasteiger partial charge in [-0.05, 0) is 19.8 Å². The first-order valence-electron chi connectivity index (χ1n) is 9.93. The van der Waals surface area contributed by atoms with Crippen LogP contribution in [0.2, 0.25) is 5.15 Å². The fraction of sp³-hybridized carbons (Fsp3) is 0.556. The normalized spacial score (nSPS) is 22.7. The number of likely N-dealkylation sites (tertiary alicyclic amines) is 1. The van der Waals surface area contributed by atoms with Crippen LogP contribution in [0.3, 0.4) is 0 Å². The quantitative estimate of drug-likeness (QED) is 0.683. The molecule has 9 nitrogen and oxygen atoms in total. The Hall–Kier alpha value is -1.85. The molecule has 5 rings (SSSR count). The number of hydrogen-bond donors (Lipinski definition) is 2. The number of amidine groups is 1. The Morgan fingerprint density at radius 2 is 1.86 bits per heavy atom. The summed E-state index contributed by atoms with van der Waals surface area (Å²) in [5, 5.41) is 8.08. The van der Waals surface area contributed by atoms with Crippen molar-refractivity contribution in [2.75, 3.05) is 44.3 Å². The molecule has 5 heterocycles. The lowest BCUT2D eigenvalue weighted by Gasteiger charge is -2.41. The fourth-order valence-corrected chi connectivity index (χ4v) is 5.07. The first-order valence-corrected chi connectivity index (χ1v) is 11.2. The number of rotatable bonds is 2. The molecule has 29 heavy (non-hydrogen) atoms. The average Bonchev–Trinajstić information content (AvgIpc) is 3.41. The Morgan fingerprint density at radius 3 is 2.55 bits per heavy atom. The fourth-order valence-electron chi connectivity index (χ4n) is 4.01. The highest BCUT2D eigenvalue weighted by molar-refractivity contribution is 7.13. The maximum absolute atomic E-state index is 6.57. The number of nitrogens with one attached hydrogen (secondary N) is 1. The SMILES string of the molecule is Cc1csc(-c2nc3c(nc2Cl)C(N2CCCC2)=NC(N2CCNCC2)N3N)n1. The molecular formula is C18H24ClN9S. The first kappa shape index (κ1) is 19.1. The minimum atomic E-state index is -0.304. The molecule has 0 aromatic carbocycles. The zero-order valence-corrected chi connectivity index (χ0v) is 17.9. The first-order chi connectivity index (χ1) is 14.1. The molecule has 0 saturated carbocycles. The van der Waals surface area contributed by atoms with Crippen molar-refractivity contribution in [3.63, 3.8) is 0 Å². The van der Waals surface area contributed by atoms with Crippen LogP contribution in [0.4, 0.5) is 5.82 Å². The molecule has 2 aromatic rings. The maximum atomic E-state index is 6.57. The largest absolute Gasteiger partial charge is 0.355 e. The van der Waals surface area contributed by atoms with Crippen LogP contribution >= 0.6 is 22.9 Å². The summed E-state index contributed by atoms with van der Waals surface area (Å²) in [4.78, 5) is 23.7. The van der Waals surface area contributed by atoms with Crippen LogP contribution in [0.15, 0.2) is 10.4 Å². The van der Waals surface area contributed by atoms with Gasteiger partial charge in [-0.2, -0.15) is 0 Å². The number of hydrazine groups is 1. The van der Waals surface area contributed by atoms with Gasteiger partial charge in [0.2, 0.25) is 0 Å². The Morgan fingerprint density at radius 1 is 1.10 bits per heavy atom. The van der Waals surface area contributed by atoms with Crippen molar-refractivity contribution in [2.45, 2.75) is 26.1 Å². The van der Waals surface area contributed by atoms with E-state index in [0.717, 1.165) is 68.6 Å². The van der Waals surface area contributed by atoms with Gasteiger partial charge in [0, 0.05) is 50.3 Å². The van der Waals surface area contributed by atoms with Crippen molar-refractivity contribution in [3.8, 4) is 10.7 Å². The Balaban J connectivity index is 1.61. The summed E-state index contributed by atoms with van der Waals surface area (Å²) in [6, 6.07) is 0. The van der Waals surface area contributed by atoms with E-state index < -0.39 is 0 Å². The third-order valence-electron chi connectivity index (χ3n) is 5.48. The second kappa shape index (κ2) is 7.77. The molecule has 1 unspecified atom stereocenters. The number of nitrogens with zero attached hydrogens (tertiary/aromatic N) is 7. The van der Waals surface area contributed by atoms with E-state index in [9.17, 15) is 0 Å². The predicted molar refractivity (Wildman–Crippen MR) is 115 cm³/mol. The Bertz CT molecular complexity index is 933. The van der Waals surface area contributed by atoms with E-state index in [1.807, 2.05) is 12.3 Å². The summed E-state index contributed by atoms with van der Waals surface area (Å²) in [6.45, 7) is 7.47. The summed E-state index contributed by atoms with van der Waals surface area (Å²) >= 11 is 8.06. The van der Waals surface area contributed by atoms with Gasteiger partial charge in [0.15, 0.2) is 28.8 Å². The van der Waals surface area contributed by atoms with Crippen LogP contribution in [0.1, 0.15) is 24.2 Å². The molecule has 0 spiro atoms. The third-order valence-corrected chi connectivity index (χ3v) is 6.71. The van der Waals surface area contributed by atoms with Crippen LogP contribution in [0, 0.1) is 6.92 Å². The van der Waals surface area contributed by atoms with Crippen LogP contribution in [0.5, 0.6) is 0 Å². The highest BCUT2D eigenvalue weighted by atomic mass is 35.5. The zero-order chi connectivity index (χ0) is 20.0. The Labute approximate surface area is 178 Å². The molecule has 2 saturated heterocycles. The lowest BCUT2D eigenvalue weighted by atomic mass is 10.2. The smallest absolute Gasteiger partial charge is 0.195 e. The van der Waals surface area contributed by atoms with Gasteiger partial charge in [-0.15, -0.1) is 11.3 Å². The highest BCUT2D eigenvalue weighted by Gasteiger charge is 2.37. The standard InChI is InChI=1S/C18H24ClN9S/c1-11-10-29-17(22-11)12-14(19)23-13-15(26-6-2-3-7-26)25-18(28(20)16(13)24-12)27-8-4-21-5-9-27/h10,18,21H,2-9,20H2,1H3. The molecule has 0 radical (unpaired) electrons. The minimum absolute atomic E-state index is 0.304. The molecular weight excluding hydrogens is 410 g/mol. The van der Waals surface area contributed by atoms with Gasteiger partial charge in [-0.3, -0.25) is 9.91 Å². The van der Waals surface area contributed by atoms with Crippen LogP contribution in [-0.4, -0.2) is 76.1 Å². The van der Waals surface area contributed by atoms with Gasteiger partial charge in [0.1, 0.15) is 10.7 Å². The van der Waals surface area contributed by atoms with Crippen LogP contribution in [0.25, 0.3) is 10.7 Å². The average molecular weight is 434 g/mol. The number of hydrogen-bond acceptors (Lipinski definition) is 10. The maximum Gasteiger partial charge on any atom is 0.195 e. The van der Waals surface area contributed by atoms with Crippen LogP contribution < -0.4 is 16.2 Å². The van der Waals surface area contributed by atoms with Gasteiger partial charge in [0.25, 0.3) is 0 Å². The molecule has 2 fully saturated rings. The molecule has 3 N–H and O–H groups in total. The summed E-state index contributed by atoms with van der Waals surface area (Å²) in [7, 11) is 0. The number of aromatic nitrogens is 3. The van der Waals surface area contributed by atoms with E-state index in [-0.39, 0.29) is 6.29 Å². The number of halogens is 1. The second-order valence-electron chi connectivity index (χ2n) is 7.52. The van der Waals surface area contributed by atoms with Crippen molar-refractivity contribution in [1.29, 1.82) is 0 Å². The molecule has 11 heteroatoms. The summed E-state index contributed by atoms with van der Waals surface area (Å²) in [5.41, 5.74) is 2.16. The van der Waals surface area contributed by atoms with Gasteiger partial charge in [-0.25, -0.2) is 25.8 Å². The molecule has 2 aromatic heterocycles. The Kier molecular flexibility index (Phi) is 5.12. The van der Waals surface area contributed by atoms with E-state index in [4.69, 9.17) is 32.4 Å². The monoisotopic (exact) mass is 433 g/mol. The molecule has 3 aliphatic heterocycles. The van der Waals surface area contributed by atoms with Gasteiger partial charge < -0.3 is 10.2 Å². The molecule has 0 aliphatic carbocycles. The van der Waals surface area contributed by atoms with Gasteiger partial charge >= 0.3 is 0 Å². The van der Waals surface area contributed by atoms with E-state index in [0.29, 0.717) is 22.4 Å². The van der Waals surface area contributed by atoms with Gasteiger partial charge in [-0.1, -0.05) is 11.6 Å². The number of fused-ring (bicyclic) bond motifs is 1. The minimum Gasteiger partial charge on any atom is -0.355 e. The van der Waals surface area contributed by atoms with E-state index in [1.165, 1.54) is 11.3 Å². The van der Waals surface area contributed by atoms with E-state index in [1.54, 1.807) is 5.01 Å². The number of aliphatic imine (C=N–C) groups is 1. The zero-order valence-electron chi connectivity index (χ0n) is 16.3. The van der Waals surface area contributed by atoms with Crippen molar-refractivity contribution in [1.82, 2.24) is 30.1 Å². The van der Waals surface area contributed by atoms with E-state index >= 15 is 0 Å². The number of piperazine rings is 1. The molecule has 0 bridgehead atoms. The van der Waals surface area contributed by atoms with Crippen molar-refractivity contribution >= 4 is 34.6 Å². The van der Waals surface area contributed by atoms with Crippen molar-refractivity contribution < 1.29 is 0 Å². The lowest BCUT2D eigenvalue weighted by Crippen LogP contribution is -2.59. The van der Waals surface area contributed by atoms with Gasteiger partial charge in [0.05, 0.1) is 0 Å². The summed E-state index contributed by atoms with van der Waals surface area (Å²) < 4.78 is 0. The topological polar surface area (TPSA) is 98.8 Å². The number of aryl methyl sites for hydroxylation is 1. The molecule has 3 aliphatic rings. The third kappa shape index (κ3) is 3.49.